The first-order valence-electron chi connectivity index (χ1n) is 9.81. The average molecular weight is 374 g/mol. The Hall–Kier alpha value is -2.69. The number of pyridine rings is 1. The van der Waals surface area contributed by atoms with Crippen LogP contribution in [0.2, 0.25) is 0 Å². The minimum atomic E-state index is -0.682. The van der Waals surface area contributed by atoms with Gasteiger partial charge in [-0.3, -0.25) is 9.88 Å². The minimum Gasteiger partial charge on any atom is -0.492 e. The number of fused-ring (bicyclic) bond motifs is 1. The van der Waals surface area contributed by atoms with Gasteiger partial charge < -0.3 is 9.84 Å². The minimum absolute atomic E-state index is 0.451. The van der Waals surface area contributed by atoms with Crippen molar-refractivity contribution in [3.63, 3.8) is 0 Å². The standard InChI is InChI=1S/C24H26N2O2/c1-18(19-6-3-2-4-7-19)16-26-12-13-28-23-10-9-20(14-22(23)17-26)24(27)21-8-5-11-25-15-21/h2-11,14-15,18,24,27H,12-13,16-17H2,1H3. The van der Waals surface area contributed by atoms with E-state index in [0.717, 1.165) is 42.1 Å². The summed E-state index contributed by atoms with van der Waals surface area (Å²) in [4.78, 5) is 6.55. The number of aliphatic hydroxyl groups is 1. The molecule has 0 radical (unpaired) electrons. The zero-order valence-electron chi connectivity index (χ0n) is 16.2. The molecule has 2 atom stereocenters. The molecule has 0 amide bonds. The van der Waals surface area contributed by atoms with Crippen LogP contribution in [-0.2, 0) is 6.54 Å². The molecule has 2 aromatic carbocycles. The topological polar surface area (TPSA) is 45.6 Å². The Kier molecular flexibility index (Phi) is 5.70. The van der Waals surface area contributed by atoms with Crippen LogP contribution in [0.15, 0.2) is 73.1 Å². The van der Waals surface area contributed by atoms with Crippen LogP contribution < -0.4 is 4.74 Å². The Morgan fingerprint density at radius 2 is 1.86 bits per heavy atom. The van der Waals surface area contributed by atoms with Gasteiger partial charge in [0.25, 0.3) is 0 Å². The second-order valence-electron chi connectivity index (χ2n) is 7.45. The van der Waals surface area contributed by atoms with E-state index in [2.05, 4.69) is 53.2 Å². The van der Waals surface area contributed by atoms with Gasteiger partial charge in [0.15, 0.2) is 0 Å². The van der Waals surface area contributed by atoms with Gasteiger partial charge in [-0.15, -0.1) is 0 Å². The maximum atomic E-state index is 10.7. The van der Waals surface area contributed by atoms with Gasteiger partial charge in [0.2, 0.25) is 0 Å². The molecular weight excluding hydrogens is 348 g/mol. The van der Waals surface area contributed by atoms with E-state index in [-0.39, 0.29) is 0 Å². The number of rotatable bonds is 5. The summed E-state index contributed by atoms with van der Waals surface area (Å²) >= 11 is 0. The quantitative estimate of drug-likeness (QED) is 0.728. The van der Waals surface area contributed by atoms with Gasteiger partial charge in [-0.1, -0.05) is 49.4 Å². The van der Waals surface area contributed by atoms with Gasteiger partial charge in [-0.05, 0) is 35.2 Å². The normalized spacial score (nSPS) is 16.5. The molecule has 4 heteroatoms. The predicted octanol–water partition coefficient (Wildman–Crippen LogP) is 4.16. The molecule has 1 aromatic heterocycles. The molecule has 0 bridgehead atoms. The molecule has 0 spiro atoms. The Balaban J connectivity index is 1.52. The van der Waals surface area contributed by atoms with E-state index in [4.69, 9.17) is 4.74 Å². The molecule has 1 N–H and O–H groups in total. The molecule has 2 heterocycles. The molecule has 28 heavy (non-hydrogen) atoms. The third kappa shape index (κ3) is 4.24. The molecule has 0 aliphatic carbocycles. The molecule has 3 aromatic rings. The highest BCUT2D eigenvalue weighted by atomic mass is 16.5. The second kappa shape index (κ2) is 8.55. The SMILES string of the molecule is CC(CN1CCOc2ccc(C(O)c3cccnc3)cc2C1)c1ccccc1. The molecular formula is C24H26N2O2. The van der Waals surface area contributed by atoms with Crippen molar-refractivity contribution in [3.05, 3.63) is 95.3 Å². The van der Waals surface area contributed by atoms with Gasteiger partial charge in [0.1, 0.15) is 18.5 Å². The average Bonchev–Trinajstić information content (AvgIpc) is 2.95. The number of ether oxygens (including phenoxy) is 1. The lowest BCUT2D eigenvalue weighted by atomic mass is 9.99. The summed E-state index contributed by atoms with van der Waals surface area (Å²) in [5, 5.41) is 10.7. The van der Waals surface area contributed by atoms with Crippen LogP contribution in [0.4, 0.5) is 0 Å². The summed E-state index contributed by atoms with van der Waals surface area (Å²) in [6.45, 7) is 5.64. The van der Waals surface area contributed by atoms with E-state index in [1.54, 1.807) is 12.4 Å². The van der Waals surface area contributed by atoms with Gasteiger partial charge in [-0.2, -0.15) is 0 Å². The Labute approximate surface area is 166 Å². The van der Waals surface area contributed by atoms with Crippen LogP contribution in [0, 0.1) is 0 Å². The number of aromatic nitrogens is 1. The molecule has 2 unspecified atom stereocenters. The van der Waals surface area contributed by atoms with Crippen LogP contribution in [0.1, 0.15) is 41.2 Å². The van der Waals surface area contributed by atoms with Gasteiger partial charge >= 0.3 is 0 Å². The Bertz CT molecular complexity index is 899. The van der Waals surface area contributed by atoms with E-state index in [9.17, 15) is 5.11 Å². The summed E-state index contributed by atoms with van der Waals surface area (Å²) < 4.78 is 5.97. The largest absolute Gasteiger partial charge is 0.492 e. The molecule has 1 aliphatic rings. The van der Waals surface area contributed by atoms with Crippen molar-refractivity contribution >= 4 is 0 Å². The van der Waals surface area contributed by atoms with E-state index < -0.39 is 6.10 Å². The fourth-order valence-corrected chi connectivity index (χ4v) is 3.80. The highest BCUT2D eigenvalue weighted by Gasteiger charge is 2.20. The maximum absolute atomic E-state index is 10.7. The zero-order valence-corrected chi connectivity index (χ0v) is 16.2. The first kappa shape index (κ1) is 18.7. The smallest absolute Gasteiger partial charge is 0.123 e. The monoisotopic (exact) mass is 374 g/mol. The summed E-state index contributed by atoms with van der Waals surface area (Å²) in [7, 11) is 0. The van der Waals surface area contributed by atoms with E-state index in [1.165, 1.54) is 5.56 Å². The lowest BCUT2D eigenvalue weighted by Gasteiger charge is -2.24. The lowest BCUT2D eigenvalue weighted by molar-refractivity contribution is 0.217. The summed E-state index contributed by atoms with van der Waals surface area (Å²) in [6.07, 6.45) is 2.74. The van der Waals surface area contributed by atoms with Crippen molar-refractivity contribution in [1.29, 1.82) is 0 Å². The third-order valence-corrected chi connectivity index (χ3v) is 5.36. The highest BCUT2D eigenvalue weighted by molar-refractivity contribution is 5.41. The van der Waals surface area contributed by atoms with Crippen molar-refractivity contribution in [2.45, 2.75) is 25.5 Å². The number of hydrogen-bond acceptors (Lipinski definition) is 4. The fraction of sp³-hybridized carbons (Fsp3) is 0.292. The predicted molar refractivity (Wildman–Crippen MR) is 110 cm³/mol. The van der Waals surface area contributed by atoms with Crippen LogP contribution >= 0.6 is 0 Å². The van der Waals surface area contributed by atoms with Gasteiger partial charge in [0, 0.05) is 43.2 Å². The molecule has 0 saturated carbocycles. The molecule has 1 aliphatic heterocycles. The third-order valence-electron chi connectivity index (χ3n) is 5.36. The molecule has 0 fully saturated rings. The van der Waals surface area contributed by atoms with Crippen LogP contribution in [0.25, 0.3) is 0 Å². The number of aliphatic hydroxyl groups excluding tert-OH is 1. The second-order valence-corrected chi connectivity index (χ2v) is 7.45. The van der Waals surface area contributed by atoms with E-state index in [0.29, 0.717) is 12.5 Å². The Morgan fingerprint density at radius 1 is 1.04 bits per heavy atom. The van der Waals surface area contributed by atoms with E-state index >= 15 is 0 Å². The van der Waals surface area contributed by atoms with Crippen molar-refractivity contribution in [1.82, 2.24) is 9.88 Å². The van der Waals surface area contributed by atoms with Crippen molar-refractivity contribution in [2.75, 3.05) is 19.7 Å². The molecule has 144 valence electrons. The van der Waals surface area contributed by atoms with Gasteiger partial charge in [0.05, 0.1) is 0 Å². The first-order chi connectivity index (χ1) is 13.7. The highest BCUT2D eigenvalue weighted by Crippen LogP contribution is 2.30. The Morgan fingerprint density at radius 3 is 2.64 bits per heavy atom. The maximum Gasteiger partial charge on any atom is 0.123 e. The van der Waals surface area contributed by atoms with Crippen LogP contribution in [0.3, 0.4) is 0 Å². The zero-order chi connectivity index (χ0) is 19.3. The summed E-state index contributed by atoms with van der Waals surface area (Å²) in [5.41, 5.74) is 4.15. The number of benzene rings is 2. The van der Waals surface area contributed by atoms with Crippen molar-refractivity contribution in [3.8, 4) is 5.75 Å². The number of nitrogens with zero attached hydrogens (tertiary/aromatic N) is 2. The molecule has 4 rings (SSSR count). The summed E-state index contributed by atoms with van der Waals surface area (Å²) in [5.74, 6) is 1.36. The van der Waals surface area contributed by atoms with Gasteiger partial charge in [-0.25, -0.2) is 0 Å². The number of hydrogen-bond donors (Lipinski definition) is 1. The molecule has 4 nitrogen and oxygen atoms in total. The van der Waals surface area contributed by atoms with Crippen molar-refractivity contribution in [2.24, 2.45) is 0 Å². The van der Waals surface area contributed by atoms with Crippen molar-refractivity contribution < 1.29 is 9.84 Å². The van der Waals surface area contributed by atoms with Crippen LogP contribution in [0.5, 0.6) is 5.75 Å². The fourth-order valence-electron chi connectivity index (χ4n) is 3.80. The summed E-state index contributed by atoms with van der Waals surface area (Å²) in [6, 6.07) is 20.4. The lowest BCUT2D eigenvalue weighted by Crippen LogP contribution is -2.29. The van der Waals surface area contributed by atoms with Crippen LogP contribution in [-0.4, -0.2) is 34.7 Å². The molecule has 0 saturated heterocycles. The van der Waals surface area contributed by atoms with E-state index in [1.807, 2.05) is 24.3 Å². The first-order valence-corrected chi connectivity index (χ1v) is 9.81.